The zero-order valence-corrected chi connectivity index (χ0v) is 11.7. The van der Waals surface area contributed by atoms with Crippen LogP contribution in [0.5, 0.6) is 0 Å². The van der Waals surface area contributed by atoms with E-state index in [0.717, 1.165) is 32.2 Å². The lowest BCUT2D eigenvalue weighted by Crippen LogP contribution is -2.40. The van der Waals surface area contributed by atoms with Crippen molar-refractivity contribution in [2.75, 3.05) is 17.2 Å². The molecule has 20 heavy (non-hydrogen) atoms. The Morgan fingerprint density at radius 3 is 2.90 bits per heavy atom. The van der Waals surface area contributed by atoms with Gasteiger partial charge >= 0.3 is 5.97 Å². The molecule has 1 fully saturated rings. The zero-order valence-electron chi connectivity index (χ0n) is 11.7. The molecule has 110 valence electrons. The minimum absolute atomic E-state index is 0.340. The topological polar surface area (TPSA) is 66.6 Å². The second-order valence-corrected chi connectivity index (χ2v) is 5.33. The third-order valence-corrected chi connectivity index (χ3v) is 3.91. The van der Waals surface area contributed by atoms with Gasteiger partial charge in [-0.25, -0.2) is 9.18 Å². The Labute approximate surface area is 118 Å². The van der Waals surface area contributed by atoms with Crippen LogP contribution in [0.3, 0.4) is 0 Å². The van der Waals surface area contributed by atoms with E-state index < -0.39 is 11.8 Å². The minimum atomic E-state index is -1.29. The summed E-state index contributed by atoms with van der Waals surface area (Å²) in [5, 5.41) is 8.92. The fourth-order valence-corrected chi connectivity index (χ4v) is 2.94. The summed E-state index contributed by atoms with van der Waals surface area (Å²) >= 11 is 0. The summed E-state index contributed by atoms with van der Waals surface area (Å²) in [4.78, 5) is 13.1. The first-order valence-electron chi connectivity index (χ1n) is 7.13. The second kappa shape index (κ2) is 6.11. The number of benzene rings is 1. The van der Waals surface area contributed by atoms with Crippen molar-refractivity contribution in [3.63, 3.8) is 0 Å². The lowest BCUT2D eigenvalue weighted by Gasteiger charge is -2.38. The van der Waals surface area contributed by atoms with E-state index in [0.29, 0.717) is 17.4 Å². The number of nitrogens with zero attached hydrogens (tertiary/aromatic N) is 1. The molecular weight excluding hydrogens is 259 g/mol. The second-order valence-electron chi connectivity index (χ2n) is 5.33. The molecule has 1 saturated heterocycles. The first-order valence-corrected chi connectivity index (χ1v) is 7.13. The molecule has 1 aliphatic heterocycles. The molecule has 0 amide bonds. The van der Waals surface area contributed by atoms with Gasteiger partial charge in [-0.15, -0.1) is 0 Å². The monoisotopic (exact) mass is 280 g/mol. The van der Waals surface area contributed by atoms with Crippen molar-refractivity contribution in [2.45, 2.75) is 45.1 Å². The highest BCUT2D eigenvalue weighted by molar-refractivity contribution is 5.91. The number of carboxylic acids is 1. The van der Waals surface area contributed by atoms with E-state index in [-0.39, 0.29) is 5.56 Å². The fourth-order valence-electron chi connectivity index (χ4n) is 2.94. The average molecular weight is 280 g/mol. The van der Waals surface area contributed by atoms with Crippen LogP contribution >= 0.6 is 0 Å². The maximum atomic E-state index is 13.9. The predicted molar refractivity (Wildman–Crippen MR) is 77.7 cm³/mol. The number of aromatic carboxylic acids is 1. The molecule has 3 N–H and O–H groups in total. The highest BCUT2D eigenvalue weighted by atomic mass is 19.1. The van der Waals surface area contributed by atoms with E-state index in [4.69, 9.17) is 10.8 Å². The molecule has 1 unspecified atom stereocenters. The number of anilines is 2. The number of rotatable bonds is 4. The van der Waals surface area contributed by atoms with E-state index in [1.54, 1.807) is 0 Å². The van der Waals surface area contributed by atoms with E-state index in [2.05, 4.69) is 11.8 Å². The van der Waals surface area contributed by atoms with Crippen molar-refractivity contribution < 1.29 is 14.3 Å². The summed E-state index contributed by atoms with van der Waals surface area (Å²) in [6.07, 6.45) is 5.42. The number of nitrogens with two attached hydrogens (primary N) is 1. The molecule has 0 bridgehead atoms. The molecule has 0 radical (unpaired) electrons. The van der Waals surface area contributed by atoms with Crippen molar-refractivity contribution in [2.24, 2.45) is 0 Å². The van der Waals surface area contributed by atoms with Crippen LogP contribution in [0.2, 0.25) is 0 Å². The number of nitrogen functional groups attached to an aromatic ring is 1. The maximum absolute atomic E-state index is 13.9. The van der Waals surface area contributed by atoms with Crippen LogP contribution in [-0.2, 0) is 0 Å². The number of hydrogen-bond donors (Lipinski definition) is 2. The molecule has 5 heteroatoms. The molecule has 2 rings (SSSR count). The summed E-state index contributed by atoms with van der Waals surface area (Å²) in [6, 6.07) is 2.86. The lowest BCUT2D eigenvalue weighted by atomic mass is 9.97. The van der Waals surface area contributed by atoms with Crippen molar-refractivity contribution in [3.05, 3.63) is 23.5 Å². The van der Waals surface area contributed by atoms with Gasteiger partial charge in [0.05, 0.1) is 16.9 Å². The Hall–Kier alpha value is -1.78. The Morgan fingerprint density at radius 2 is 2.25 bits per heavy atom. The van der Waals surface area contributed by atoms with E-state index in [1.165, 1.54) is 18.6 Å². The highest BCUT2D eigenvalue weighted by Gasteiger charge is 2.25. The van der Waals surface area contributed by atoms with Gasteiger partial charge in [0.25, 0.3) is 0 Å². The lowest BCUT2D eigenvalue weighted by molar-refractivity contribution is 0.0692. The maximum Gasteiger partial charge on any atom is 0.338 e. The molecule has 1 aliphatic rings. The number of piperidine rings is 1. The molecule has 0 spiro atoms. The third kappa shape index (κ3) is 2.86. The summed E-state index contributed by atoms with van der Waals surface area (Å²) in [5.41, 5.74) is 6.55. The standard InChI is InChI=1S/C15H21FN2O2/c1-2-5-10-6-3-4-7-18(10)14-9-12(16)11(15(19)20)8-13(14)17/h8-10H,2-7,17H2,1H3,(H,19,20). The van der Waals surface area contributed by atoms with Gasteiger partial charge in [-0.3, -0.25) is 0 Å². The molecule has 0 saturated carbocycles. The Bertz CT molecular complexity index is 503. The van der Waals surface area contributed by atoms with Gasteiger partial charge < -0.3 is 15.7 Å². The minimum Gasteiger partial charge on any atom is -0.478 e. The SMILES string of the molecule is CCCC1CCCCN1c1cc(F)c(C(=O)O)cc1N. The number of hydrogen-bond acceptors (Lipinski definition) is 3. The molecule has 0 aliphatic carbocycles. The predicted octanol–water partition coefficient (Wildman–Crippen LogP) is 3.27. The number of carboxylic acid groups (broad SMARTS) is 1. The van der Waals surface area contributed by atoms with Crippen LogP contribution in [0.1, 0.15) is 49.4 Å². The normalized spacial score (nSPS) is 19.1. The molecule has 0 aromatic heterocycles. The molecule has 1 aromatic rings. The van der Waals surface area contributed by atoms with Crippen LogP contribution in [-0.4, -0.2) is 23.7 Å². The van der Waals surface area contributed by atoms with Gasteiger partial charge in [-0.2, -0.15) is 0 Å². The third-order valence-electron chi connectivity index (χ3n) is 3.91. The largest absolute Gasteiger partial charge is 0.478 e. The Morgan fingerprint density at radius 1 is 1.50 bits per heavy atom. The first-order chi connectivity index (χ1) is 9.54. The zero-order chi connectivity index (χ0) is 14.7. The van der Waals surface area contributed by atoms with Crippen LogP contribution in [0.4, 0.5) is 15.8 Å². The van der Waals surface area contributed by atoms with E-state index >= 15 is 0 Å². The number of carbonyl (C=O) groups is 1. The van der Waals surface area contributed by atoms with Gasteiger partial charge in [-0.05, 0) is 31.7 Å². The molecule has 1 aromatic carbocycles. The summed E-state index contributed by atoms with van der Waals surface area (Å²) < 4.78 is 13.9. The smallest absolute Gasteiger partial charge is 0.338 e. The molecular formula is C15H21FN2O2. The summed E-state index contributed by atoms with van der Waals surface area (Å²) in [7, 11) is 0. The van der Waals surface area contributed by atoms with Crippen molar-refractivity contribution >= 4 is 17.3 Å². The van der Waals surface area contributed by atoms with Gasteiger partial charge in [0.15, 0.2) is 0 Å². The van der Waals surface area contributed by atoms with Crippen molar-refractivity contribution in [3.8, 4) is 0 Å². The first kappa shape index (κ1) is 14.6. The van der Waals surface area contributed by atoms with Gasteiger partial charge in [0.2, 0.25) is 0 Å². The fraction of sp³-hybridized carbons (Fsp3) is 0.533. The van der Waals surface area contributed by atoms with Gasteiger partial charge in [0, 0.05) is 18.7 Å². The quantitative estimate of drug-likeness (QED) is 0.831. The average Bonchev–Trinajstić information content (AvgIpc) is 2.42. The van der Waals surface area contributed by atoms with E-state index in [1.807, 2.05) is 0 Å². The summed E-state index contributed by atoms with van der Waals surface area (Å²) in [5.74, 6) is -2.01. The van der Waals surface area contributed by atoms with Crippen molar-refractivity contribution in [1.29, 1.82) is 0 Å². The van der Waals surface area contributed by atoms with Crippen LogP contribution in [0, 0.1) is 5.82 Å². The van der Waals surface area contributed by atoms with Crippen LogP contribution in [0.25, 0.3) is 0 Å². The number of halogens is 1. The highest BCUT2D eigenvalue weighted by Crippen LogP contribution is 2.33. The van der Waals surface area contributed by atoms with Crippen LogP contribution in [0.15, 0.2) is 12.1 Å². The van der Waals surface area contributed by atoms with Gasteiger partial charge in [-0.1, -0.05) is 13.3 Å². The molecule has 1 heterocycles. The van der Waals surface area contributed by atoms with Crippen LogP contribution < -0.4 is 10.6 Å². The van der Waals surface area contributed by atoms with Gasteiger partial charge in [0.1, 0.15) is 5.82 Å². The van der Waals surface area contributed by atoms with E-state index in [9.17, 15) is 9.18 Å². The summed E-state index contributed by atoms with van der Waals surface area (Å²) in [6.45, 7) is 2.98. The van der Waals surface area contributed by atoms with Crippen molar-refractivity contribution in [1.82, 2.24) is 0 Å². The Kier molecular flexibility index (Phi) is 4.47. The Balaban J connectivity index is 2.35. The molecule has 4 nitrogen and oxygen atoms in total. The molecule has 1 atom stereocenters.